The van der Waals surface area contributed by atoms with Gasteiger partial charge in [0, 0.05) is 13.6 Å². The summed E-state index contributed by atoms with van der Waals surface area (Å²) in [5, 5.41) is 10.7. The highest BCUT2D eigenvalue weighted by Gasteiger charge is 2.26. The van der Waals surface area contributed by atoms with E-state index < -0.39 is 0 Å². The molecule has 0 spiro atoms. The summed E-state index contributed by atoms with van der Waals surface area (Å²) in [6.45, 7) is 13.4. The molecule has 4 heteroatoms. The van der Waals surface area contributed by atoms with Crippen LogP contribution in [0, 0.1) is 0 Å². The fourth-order valence-corrected chi connectivity index (χ4v) is 2.41. The molecule has 0 amide bonds. The molecular formula is C17H27NOS2. The minimum atomic E-state index is -0.111. The number of benzene rings is 1. The zero-order chi connectivity index (χ0) is 16.6. The lowest BCUT2D eigenvalue weighted by molar-refractivity contribution is 0.421. The van der Waals surface area contributed by atoms with E-state index in [1.165, 1.54) is 0 Å². The summed E-state index contributed by atoms with van der Waals surface area (Å²) in [6, 6.07) is 4.15. The first kappa shape index (κ1) is 18.3. The predicted molar refractivity (Wildman–Crippen MR) is 98.6 cm³/mol. The van der Waals surface area contributed by atoms with Crippen molar-refractivity contribution in [2.45, 2.75) is 58.9 Å². The van der Waals surface area contributed by atoms with Gasteiger partial charge in [-0.1, -0.05) is 53.8 Å². The summed E-state index contributed by atoms with van der Waals surface area (Å²) in [6.07, 6.45) is 0. The molecule has 1 rings (SSSR count). The number of hydrogen-bond donors (Lipinski definition) is 2. The highest BCUT2D eigenvalue weighted by Crippen LogP contribution is 2.39. The maximum Gasteiger partial charge on any atom is 0.133 e. The van der Waals surface area contributed by atoms with Gasteiger partial charge in [-0.2, -0.15) is 0 Å². The van der Waals surface area contributed by atoms with Crippen LogP contribution in [0.2, 0.25) is 0 Å². The molecule has 0 saturated carbocycles. The largest absolute Gasteiger partial charge is 0.507 e. The van der Waals surface area contributed by atoms with E-state index in [0.717, 1.165) is 16.7 Å². The molecule has 1 aromatic carbocycles. The molecule has 0 heterocycles. The van der Waals surface area contributed by atoms with Crippen LogP contribution >= 0.6 is 24.8 Å². The van der Waals surface area contributed by atoms with Crippen LogP contribution in [-0.4, -0.2) is 21.4 Å². The Labute approximate surface area is 140 Å². The Balaban J connectivity index is 3.44. The SMILES string of the molecule is CN(Cc1cc(C(C)(C)C)c(O)c(C(C)(C)C)c1)C(=S)S. The molecule has 0 aliphatic carbocycles. The van der Waals surface area contributed by atoms with Gasteiger partial charge in [-0.15, -0.1) is 12.6 Å². The second-order valence-corrected chi connectivity index (χ2v) is 8.79. The van der Waals surface area contributed by atoms with Gasteiger partial charge < -0.3 is 10.0 Å². The van der Waals surface area contributed by atoms with E-state index >= 15 is 0 Å². The first-order chi connectivity index (χ1) is 9.34. The summed E-state index contributed by atoms with van der Waals surface area (Å²) in [5.74, 6) is 0.412. The van der Waals surface area contributed by atoms with E-state index in [4.69, 9.17) is 12.2 Å². The van der Waals surface area contributed by atoms with Crippen LogP contribution in [0.25, 0.3) is 0 Å². The fourth-order valence-electron chi connectivity index (χ4n) is 2.27. The minimum Gasteiger partial charge on any atom is -0.507 e. The normalized spacial score (nSPS) is 12.4. The number of hydrogen-bond acceptors (Lipinski definition) is 2. The second kappa shape index (κ2) is 6.17. The van der Waals surface area contributed by atoms with Gasteiger partial charge in [-0.3, -0.25) is 0 Å². The van der Waals surface area contributed by atoms with Gasteiger partial charge in [0.05, 0.1) is 0 Å². The molecule has 0 bridgehead atoms. The van der Waals surface area contributed by atoms with E-state index in [-0.39, 0.29) is 10.8 Å². The Morgan fingerprint density at radius 2 is 1.48 bits per heavy atom. The van der Waals surface area contributed by atoms with Gasteiger partial charge in [0.2, 0.25) is 0 Å². The van der Waals surface area contributed by atoms with Crippen molar-refractivity contribution in [3.8, 4) is 5.75 Å². The topological polar surface area (TPSA) is 23.5 Å². The summed E-state index contributed by atoms with van der Waals surface area (Å²) >= 11 is 9.31. The quantitative estimate of drug-likeness (QED) is 0.612. The van der Waals surface area contributed by atoms with E-state index in [0.29, 0.717) is 16.6 Å². The van der Waals surface area contributed by atoms with Crippen LogP contribution in [0.15, 0.2) is 12.1 Å². The van der Waals surface area contributed by atoms with Crippen LogP contribution in [0.1, 0.15) is 58.2 Å². The van der Waals surface area contributed by atoms with Gasteiger partial charge in [0.15, 0.2) is 0 Å². The highest BCUT2D eigenvalue weighted by molar-refractivity contribution is 8.10. The Morgan fingerprint density at radius 3 is 1.76 bits per heavy atom. The molecule has 21 heavy (non-hydrogen) atoms. The van der Waals surface area contributed by atoms with E-state index in [2.05, 4.69) is 66.3 Å². The summed E-state index contributed by atoms with van der Waals surface area (Å²) in [7, 11) is 1.93. The van der Waals surface area contributed by atoms with E-state index in [9.17, 15) is 5.11 Å². The Kier molecular flexibility index (Phi) is 5.38. The zero-order valence-corrected chi connectivity index (χ0v) is 15.8. The standard InChI is InChI=1S/C17H27NOS2/c1-16(2,3)12-8-11(10-18(7)15(20)21)9-13(14(12)19)17(4,5)6/h8-9,19H,10H2,1-7H3,(H,20,21). The van der Waals surface area contributed by atoms with Crippen molar-refractivity contribution < 1.29 is 5.11 Å². The molecule has 118 valence electrons. The van der Waals surface area contributed by atoms with Crippen LogP contribution in [0.4, 0.5) is 0 Å². The van der Waals surface area contributed by atoms with Crippen molar-refractivity contribution in [3.05, 3.63) is 28.8 Å². The molecule has 0 aliphatic rings. The van der Waals surface area contributed by atoms with Crippen LogP contribution in [-0.2, 0) is 17.4 Å². The number of aromatic hydroxyl groups is 1. The number of phenolic OH excluding ortho intramolecular Hbond substituents is 1. The third-order valence-electron chi connectivity index (χ3n) is 3.53. The number of thiol groups is 1. The van der Waals surface area contributed by atoms with Gasteiger partial charge in [-0.05, 0) is 39.7 Å². The van der Waals surface area contributed by atoms with Crippen LogP contribution < -0.4 is 0 Å². The Morgan fingerprint density at radius 1 is 1.10 bits per heavy atom. The maximum absolute atomic E-state index is 10.7. The zero-order valence-electron chi connectivity index (χ0n) is 14.1. The molecule has 0 unspecified atom stereocenters. The Hall–Kier alpha value is -0.740. The number of rotatable bonds is 2. The third kappa shape index (κ3) is 4.62. The minimum absolute atomic E-state index is 0.111. The van der Waals surface area contributed by atoms with Crippen molar-refractivity contribution in [3.63, 3.8) is 0 Å². The summed E-state index contributed by atoms with van der Waals surface area (Å²) in [5.41, 5.74) is 2.87. The molecule has 1 N–H and O–H groups in total. The third-order valence-corrected chi connectivity index (χ3v) is 4.19. The highest BCUT2D eigenvalue weighted by atomic mass is 32.1. The smallest absolute Gasteiger partial charge is 0.133 e. The first-order valence-corrected chi connectivity index (χ1v) is 8.00. The van der Waals surface area contributed by atoms with Crippen LogP contribution in [0.3, 0.4) is 0 Å². The Bertz CT molecular complexity index is 504. The predicted octanol–water partition coefficient (Wildman–Crippen LogP) is 4.63. The molecular weight excluding hydrogens is 298 g/mol. The molecule has 0 atom stereocenters. The van der Waals surface area contributed by atoms with Gasteiger partial charge >= 0.3 is 0 Å². The molecule has 0 radical (unpaired) electrons. The van der Waals surface area contributed by atoms with E-state index in [1.54, 1.807) is 0 Å². The molecule has 1 aromatic rings. The lowest BCUT2D eigenvalue weighted by Gasteiger charge is -2.29. The summed E-state index contributed by atoms with van der Waals surface area (Å²) in [4.78, 5) is 1.92. The molecule has 0 aliphatic heterocycles. The molecule has 2 nitrogen and oxygen atoms in total. The van der Waals surface area contributed by atoms with E-state index in [1.807, 2.05) is 11.9 Å². The van der Waals surface area contributed by atoms with Crippen LogP contribution in [0.5, 0.6) is 5.75 Å². The number of nitrogens with zero attached hydrogens (tertiary/aromatic N) is 1. The lowest BCUT2D eigenvalue weighted by atomic mass is 9.78. The fraction of sp³-hybridized carbons (Fsp3) is 0.588. The monoisotopic (exact) mass is 325 g/mol. The van der Waals surface area contributed by atoms with Crippen molar-refractivity contribution >= 4 is 29.2 Å². The van der Waals surface area contributed by atoms with Crippen molar-refractivity contribution in [2.24, 2.45) is 0 Å². The molecule has 0 saturated heterocycles. The molecule has 0 aromatic heterocycles. The second-order valence-electron chi connectivity index (χ2n) is 7.68. The van der Waals surface area contributed by atoms with Gasteiger partial charge in [0.1, 0.15) is 10.1 Å². The maximum atomic E-state index is 10.7. The lowest BCUT2D eigenvalue weighted by Crippen LogP contribution is -2.22. The van der Waals surface area contributed by atoms with Crippen molar-refractivity contribution in [1.29, 1.82) is 0 Å². The number of thiocarbonyl (C=S) groups is 1. The average molecular weight is 326 g/mol. The first-order valence-electron chi connectivity index (χ1n) is 7.15. The molecule has 0 fully saturated rings. The van der Waals surface area contributed by atoms with Crippen molar-refractivity contribution in [1.82, 2.24) is 4.90 Å². The average Bonchev–Trinajstić information content (AvgIpc) is 2.27. The van der Waals surface area contributed by atoms with Gasteiger partial charge in [-0.25, -0.2) is 0 Å². The number of phenols is 1. The van der Waals surface area contributed by atoms with Crippen molar-refractivity contribution in [2.75, 3.05) is 7.05 Å². The van der Waals surface area contributed by atoms with Gasteiger partial charge in [0.25, 0.3) is 0 Å². The summed E-state index contributed by atoms with van der Waals surface area (Å²) < 4.78 is 0.567.